The molecule has 4 atom stereocenters. The minimum atomic E-state index is -0.770. The van der Waals surface area contributed by atoms with Crippen molar-refractivity contribution < 1.29 is 37.5 Å². The number of benzene rings is 3. The average Bonchev–Trinajstić information content (AvgIpc) is 3.88. The van der Waals surface area contributed by atoms with Gasteiger partial charge in [-0.25, -0.2) is 18.4 Å². The van der Waals surface area contributed by atoms with E-state index in [1.807, 2.05) is 32.8 Å². The molecule has 4 aliphatic rings. The summed E-state index contributed by atoms with van der Waals surface area (Å²) in [5.41, 5.74) is -0.634. The summed E-state index contributed by atoms with van der Waals surface area (Å²) in [5.74, 6) is 1.59. The SMILES string of the molecule is C#Cc1c(F)ccc2cccc(-c3ncc4c(N5CC6CCC(C5)N6C(=O)OC(C)(C)C)nc(=O)[nH]c4c3F)c12.COCC1CC[C@]2(C)CCCN12.O=COc1ccc([N+](=O)[O-])cc1. The van der Waals surface area contributed by atoms with Crippen molar-refractivity contribution in [1.82, 2.24) is 24.8 Å². The van der Waals surface area contributed by atoms with E-state index in [1.165, 1.54) is 68.8 Å². The second-order valence-corrected chi connectivity index (χ2v) is 17.6. The number of H-pyrrole nitrogens is 1. The van der Waals surface area contributed by atoms with Crippen molar-refractivity contribution in [1.29, 1.82) is 0 Å². The van der Waals surface area contributed by atoms with Crippen molar-refractivity contribution in [3.05, 3.63) is 98.6 Å². The van der Waals surface area contributed by atoms with Gasteiger partial charge in [-0.3, -0.25) is 29.7 Å². The Morgan fingerprint density at radius 3 is 2.44 bits per heavy atom. The first-order valence-electron chi connectivity index (χ1n) is 21.2. The van der Waals surface area contributed by atoms with E-state index >= 15 is 4.39 Å². The summed E-state index contributed by atoms with van der Waals surface area (Å²) in [6, 6.07) is 13.6. The van der Waals surface area contributed by atoms with Crippen LogP contribution in [0.15, 0.2) is 65.6 Å². The van der Waals surface area contributed by atoms with E-state index in [0.29, 0.717) is 52.2 Å². The zero-order valence-electron chi connectivity index (χ0n) is 36.4. The molecule has 64 heavy (non-hydrogen) atoms. The highest BCUT2D eigenvalue weighted by molar-refractivity contribution is 6.02. The van der Waals surface area contributed by atoms with E-state index in [9.17, 15) is 28.9 Å². The number of halogens is 2. The Kier molecular flexibility index (Phi) is 13.3. The fourth-order valence-electron chi connectivity index (χ4n) is 9.52. The lowest BCUT2D eigenvalue weighted by Crippen LogP contribution is -2.57. The Morgan fingerprint density at radius 2 is 1.80 bits per heavy atom. The van der Waals surface area contributed by atoms with Crippen LogP contribution in [0, 0.1) is 34.1 Å². The maximum absolute atomic E-state index is 16.1. The number of hydrogen-bond acceptors (Lipinski definition) is 12. The number of fused-ring (bicyclic) bond motifs is 5. The quantitative estimate of drug-likeness (QED) is 0.0730. The summed E-state index contributed by atoms with van der Waals surface area (Å²) in [5, 5.41) is 11.5. The maximum Gasteiger partial charge on any atom is 0.410 e. The first kappa shape index (κ1) is 45.5. The van der Waals surface area contributed by atoms with Gasteiger partial charge in [-0.15, -0.1) is 6.42 Å². The van der Waals surface area contributed by atoms with Crippen LogP contribution in [0.25, 0.3) is 32.9 Å². The van der Waals surface area contributed by atoms with E-state index in [-0.39, 0.29) is 52.9 Å². The Labute approximate surface area is 368 Å². The number of methoxy groups -OCH3 is 1. The van der Waals surface area contributed by atoms with Gasteiger partial charge in [0.25, 0.3) is 12.2 Å². The lowest BCUT2D eigenvalue weighted by molar-refractivity contribution is -0.384. The number of nitro groups is 1. The number of anilines is 1. The van der Waals surface area contributed by atoms with Crippen LogP contribution in [0.4, 0.5) is 25.1 Å². The number of terminal acetylenes is 1. The van der Waals surface area contributed by atoms with Crippen molar-refractivity contribution in [2.75, 3.05) is 38.3 Å². The monoisotopic (exact) mass is 879 g/mol. The predicted octanol–water partition coefficient (Wildman–Crippen LogP) is 7.77. The van der Waals surface area contributed by atoms with Crippen molar-refractivity contribution in [2.24, 2.45) is 0 Å². The van der Waals surface area contributed by atoms with Crippen molar-refractivity contribution in [3.63, 3.8) is 0 Å². The van der Waals surface area contributed by atoms with Gasteiger partial charge in [-0.1, -0.05) is 30.2 Å². The molecule has 2 aromatic heterocycles. The molecule has 0 spiro atoms. The normalized spacial score (nSPS) is 21.3. The number of ether oxygens (including phenoxy) is 3. The highest BCUT2D eigenvalue weighted by Gasteiger charge is 2.46. The molecular weight excluding hydrogens is 829 g/mol. The minimum absolute atomic E-state index is 0.0108. The number of aromatic amines is 1. The topological polar surface area (TPSA) is 173 Å². The van der Waals surface area contributed by atoms with Gasteiger partial charge in [0.05, 0.1) is 40.1 Å². The summed E-state index contributed by atoms with van der Waals surface area (Å²) in [7, 11) is 1.81. The van der Waals surface area contributed by atoms with Crippen LogP contribution in [0.2, 0.25) is 0 Å². The van der Waals surface area contributed by atoms with Crippen molar-refractivity contribution >= 4 is 45.7 Å². The molecule has 336 valence electrons. The van der Waals surface area contributed by atoms with Gasteiger partial charge in [0.2, 0.25) is 0 Å². The molecule has 4 aliphatic heterocycles. The molecule has 3 aromatic carbocycles. The second-order valence-electron chi connectivity index (χ2n) is 17.6. The summed E-state index contributed by atoms with van der Waals surface area (Å²) < 4.78 is 46.0. The number of aromatic nitrogens is 3. The number of nitrogens with one attached hydrogen (secondary N) is 1. The second kappa shape index (κ2) is 18.7. The van der Waals surface area contributed by atoms with Crippen LogP contribution in [-0.2, 0) is 14.3 Å². The number of amides is 1. The predicted molar refractivity (Wildman–Crippen MR) is 237 cm³/mol. The lowest BCUT2D eigenvalue weighted by Gasteiger charge is -2.41. The van der Waals surface area contributed by atoms with Crippen LogP contribution in [0.1, 0.15) is 71.8 Å². The zero-order chi connectivity index (χ0) is 45.9. The molecule has 1 N–H and O–H groups in total. The Morgan fingerprint density at radius 1 is 1.08 bits per heavy atom. The van der Waals surface area contributed by atoms with Gasteiger partial charge in [0.1, 0.15) is 28.7 Å². The molecule has 17 heteroatoms. The number of hydrogen-bond donors (Lipinski definition) is 1. The number of piperazine rings is 1. The van der Waals surface area contributed by atoms with Crippen LogP contribution >= 0.6 is 0 Å². The summed E-state index contributed by atoms with van der Waals surface area (Å²) in [4.78, 5) is 62.5. The zero-order valence-corrected chi connectivity index (χ0v) is 36.4. The standard InChI is InChI=1S/C30H27F2N5O3.C10H19NO.C7H5NO4/c1-5-19-22(31)12-9-16-7-6-8-20(23(16)19)25-24(32)26-21(13-33-25)27(35-28(38)34-26)36-14-17-10-11-18(15-36)37(17)29(39)40-30(2,3)4;1-10-5-3-7-11(10)9(4-6-10)8-12-2;9-5-12-7-3-1-6(2-4-7)8(10)11/h1,6-9,12-13,17-18H,10-11,14-15H2,2-4H3,(H,34,35,38);9H,3-8H2,1-2H3;1-5H/t;9?,10-;/m.0./s1. The number of carbonyl (C=O) groups excluding carboxylic acids is 2. The average molecular weight is 880 g/mol. The van der Waals surface area contributed by atoms with Crippen molar-refractivity contribution in [3.8, 4) is 29.4 Å². The fourth-order valence-corrected chi connectivity index (χ4v) is 9.52. The molecule has 2 bridgehead atoms. The molecule has 0 saturated carbocycles. The molecule has 6 heterocycles. The highest BCUT2D eigenvalue weighted by atomic mass is 19.1. The van der Waals surface area contributed by atoms with E-state index in [4.69, 9.17) is 15.9 Å². The molecule has 9 rings (SSSR count). The van der Waals surface area contributed by atoms with Gasteiger partial charge in [0, 0.05) is 61.1 Å². The number of carbonyl (C=O) groups is 2. The van der Waals surface area contributed by atoms with Crippen LogP contribution in [-0.4, -0.2) is 105 Å². The molecule has 4 saturated heterocycles. The first-order chi connectivity index (χ1) is 30.5. The van der Waals surface area contributed by atoms with Gasteiger partial charge in [0.15, 0.2) is 5.82 Å². The largest absolute Gasteiger partial charge is 0.444 e. The lowest BCUT2D eigenvalue weighted by atomic mass is 9.96. The smallest absolute Gasteiger partial charge is 0.410 e. The van der Waals surface area contributed by atoms with Crippen LogP contribution in [0.5, 0.6) is 5.75 Å². The van der Waals surface area contributed by atoms with E-state index in [2.05, 4.69) is 37.4 Å². The first-order valence-corrected chi connectivity index (χ1v) is 21.2. The maximum atomic E-state index is 16.1. The molecular formula is C47H51F2N7O8. The Hall–Kier alpha value is -6.51. The van der Waals surface area contributed by atoms with Gasteiger partial charge < -0.3 is 24.1 Å². The third kappa shape index (κ3) is 9.39. The fraction of sp³-hybridized carbons (Fsp3) is 0.426. The van der Waals surface area contributed by atoms with Crippen molar-refractivity contribution in [2.45, 2.75) is 95.5 Å². The minimum Gasteiger partial charge on any atom is -0.444 e. The van der Waals surface area contributed by atoms with Gasteiger partial charge in [-0.2, -0.15) is 4.98 Å². The van der Waals surface area contributed by atoms with E-state index < -0.39 is 27.8 Å². The molecule has 1 amide bonds. The van der Waals surface area contributed by atoms with Gasteiger partial charge in [-0.05, 0) is 96.3 Å². The number of pyridine rings is 1. The highest BCUT2D eigenvalue weighted by Crippen LogP contribution is 2.42. The third-order valence-corrected chi connectivity index (χ3v) is 12.3. The molecule has 0 radical (unpaired) electrons. The summed E-state index contributed by atoms with van der Waals surface area (Å²) in [6.07, 6.45) is 13.8. The Bertz CT molecular complexity index is 2650. The Balaban J connectivity index is 0.000000206. The number of nitro benzene ring substituents is 1. The number of nitrogens with zero attached hydrogens (tertiary/aromatic N) is 6. The molecule has 3 unspecified atom stereocenters. The number of rotatable bonds is 7. The molecule has 5 aromatic rings. The molecule has 4 fully saturated rings. The summed E-state index contributed by atoms with van der Waals surface area (Å²) >= 11 is 0. The van der Waals surface area contributed by atoms with Crippen LogP contribution < -0.4 is 15.3 Å². The van der Waals surface area contributed by atoms with E-state index in [0.717, 1.165) is 19.4 Å². The third-order valence-electron chi connectivity index (χ3n) is 12.3. The van der Waals surface area contributed by atoms with Crippen LogP contribution in [0.3, 0.4) is 0 Å². The molecule has 15 nitrogen and oxygen atoms in total. The van der Waals surface area contributed by atoms with E-state index in [1.54, 1.807) is 29.2 Å². The number of non-ortho nitro benzene ring substituents is 1. The molecule has 0 aliphatic carbocycles. The summed E-state index contributed by atoms with van der Waals surface area (Å²) in [6.45, 7) is 11.2. The van der Waals surface area contributed by atoms with Gasteiger partial charge >= 0.3 is 11.8 Å².